The molecule has 1 aromatic carbocycles. The van der Waals surface area contributed by atoms with Gasteiger partial charge in [0.25, 0.3) is 0 Å². The summed E-state index contributed by atoms with van der Waals surface area (Å²) in [5.74, 6) is 0.500. The van der Waals surface area contributed by atoms with Gasteiger partial charge in [-0.3, -0.25) is 4.90 Å². The van der Waals surface area contributed by atoms with E-state index in [4.69, 9.17) is 5.73 Å². The molecule has 6 heteroatoms. The summed E-state index contributed by atoms with van der Waals surface area (Å²) < 4.78 is 41.7. The third kappa shape index (κ3) is 4.35. The summed E-state index contributed by atoms with van der Waals surface area (Å²) in [4.78, 5) is 2.15. The molecule has 1 heterocycles. The average molecular weight is 302 g/mol. The maximum absolute atomic E-state index is 12.5. The van der Waals surface area contributed by atoms with Crippen molar-refractivity contribution < 1.29 is 17.9 Å². The second-order valence-electron chi connectivity index (χ2n) is 5.56. The molecule has 1 fully saturated rings. The van der Waals surface area contributed by atoms with Gasteiger partial charge in [-0.25, -0.2) is 0 Å². The molecule has 1 atom stereocenters. The average Bonchev–Trinajstić information content (AvgIpc) is 2.42. The Balaban J connectivity index is 2.21. The molecule has 0 saturated carbocycles. The second kappa shape index (κ2) is 6.66. The van der Waals surface area contributed by atoms with Crippen LogP contribution in [0.1, 0.15) is 31.4 Å². The van der Waals surface area contributed by atoms with Crippen LogP contribution in [0.2, 0.25) is 0 Å². The summed E-state index contributed by atoms with van der Waals surface area (Å²) in [5.41, 5.74) is 6.33. The van der Waals surface area contributed by atoms with E-state index in [2.05, 4.69) is 16.6 Å². The standard InChI is InChI=1S/C15H21F3N2O/c1-11-6-8-20(9-7-11)13(10-19)12-4-2-3-5-14(12)21-15(16,17)18/h2-5,11,13H,6-10,19H2,1H3/t13-/m1/s1. The molecule has 1 aliphatic heterocycles. The number of piperidine rings is 1. The van der Waals surface area contributed by atoms with Gasteiger partial charge in [-0.05, 0) is 37.9 Å². The van der Waals surface area contributed by atoms with Crippen molar-refractivity contribution in [2.45, 2.75) is 32.2 Å². The molecule has 2 rings (SSSR count). The highest BCUT2D eigenvalue weighted by molar-refractivity contribution is 5.36. The van der Waals surface area contributed by atoms with Crippen LogP contribution in [0.5, 0.6) is 5.75 Å². The molecule has 1 aliphatic rings. The van der Waals surface area contributed by atoms with Gasteiger partial charge in [0.15, 0.2) is 0 Å². The van der Waals surface area contributed by atoms with Crippen LogP contribution in [0, 0.1) is 5.92 Å². The molecule has 2 N–H and O–H groups in total. The summed E-state index contributed by atoms with van der Waals surface area (Å²) in [7, 11) is 0. The molecule has 0 radical (unpaired) electrons. The van der Waals surface area contributed by atoms with Crippen LogP contribution in [-0.2, 0) is 0 Å². The van der Waals surface area contributed by atoms with Crippen LogP contribution in [0.25, 0.3) is 0 Å². The zero-order valence-corrected chi connectivity index (χ0v) is 12.1. The molecule has 0 unspecified atom stereocenters. The summed E-state index contributed by atoms with van der Waals surface area (Å²) in [6, 6.07) is 6.02. The molecule has 0 amide bonds. The Morgan fingerprint density at radius 1 is 1.29 bits per heavy atom. The third-order valence-electron chi connectivity index (χ3n) is 3.99. The Morgan fingerprint density at radius 3 is 2.48 bits per heavy atom. The maximum Gasteiger partial charge on any atom is 0.573 e. The van der Waals surface area contributed by atoms with Crippen LogP contribution < -0.4 is 10.5 Å². The highest BCUT2D eigenvalue weighted by Gasteiger charge is 2.34. The Kier molecular flexibility index (Phi) is 5.11. The third-order valence-corrected chi connectivity index (χ3v) is 3.99. The van der Waals surface area contributed by atoms with Gasteiger partial charge in [0.05, 0.1) is 6.04 Å². The van der Waals surface area contributed by atoms with E-state index in [0.717, 1.165) is 25.9 Å². The fourth-order valence-electron chi connectivity index (χ4n) is 2.79. The fraction of sp³-hybridized carbons (Fsp3) is 0.600. The molecule has 0 aliphatic carbocycles. The Bertz CT molecular complexity index is 456. The van der Waals surface area contributed by atoms with Crippen LogP contribution in [0.4, 0.5) is 13.2 Å². The smallest absolute Gasteiger partial charge is 0.405 e. The molecule has 0 aromatic heterocycles. The lowest BCUT2D eigenvalue weighted by Crippen LogP contribution is -2.39. The lowest BCUT2D eigenvalue weighted by Gasteiger charge is -2.37. The molecule has 21 heavy (non-hydrogen) atoms. The number of benzene rings is 1. The second-order valence-corrected chi connectivity index (χ2v) is 5.56. The monoisotopic (exact) mass is 302 g/mol. The molecular formula is C15H21F3N2O. The normalized spacial score (nSPS) is 19.5. The lowest BCUT2D eigenvalue weighted by molar-refractivity contribution is -0.275. The van der Waals surface area contributed by atoms with Crippen molar-refractivity contribution in [1.82, 2.24) is 4.90 Å². The molecule has 1 aromatic rings. The predicted molar refractivity (Wildman–Crippen MR) is 74.9 cm³/mol. The number of rotatable bonds is 4. The first-order valence-corrected chi connectivity index (χ1v) is 7.19. The molecule has 118 valence electrons. The van der Waals surface area contributed by atoms with E-state index >= 15 is 0 Å². The zero-order chi connectivity index (χ0) is 15.5. The van der Waals surface area contributed by atoms with Crippen LogP contribution in [0.3, 0.4) is 0 Å². The van der Waals surface area contributed by atoms with Gasteiger partial charge in [-0.1, -0.05) is 25.1 Å². The predicted octanol–water partition coefficient (Wildman–Crippen LogP) is 3.32. The van der Waals surface area contributed by atoms with Gasteiger partial charge in [0, 0.05) is 12.1 Å². The first-order valence-electron chi connectivity index (χ1n) is 7.19. The first kappa shape index (κ1) is 16.1. The van der Waals surface area contributed by atoms with Gasteiger partial charge < -0.3 is 10.5 Å². The van der Waals surface area contributed by atoms with Gasteiger partial charge in [-0.2, -0.15) is 0 Å². The van der Waals surface area contributed by atoms with Crippen molar-refractivity contribution in [2.75, 3.05) is 19.6 Å². The van der Waals surface area contributed by atoms with Crippen LogP contribution in [0.15, 0.2) is 24.3 Å². The lowest BCUT2D eigenvalue weighted by atomic mass is 9.95. The van der Waals surface area contributed by atoms with E-state index in [1.807, 2.05) is 0 Å². The van der Waals surface area contributed by atoms with E-state index in [1.165, 1.54) is 12.1 Å². The quantitative estimate of drug-likeness (QED) is 0.927. The van der Waals surface area contributed by atoms with Gasteiger partial charge >= 0.3 is 6.36 Å². The summed E-state index contributed by atoms with van der Waals surface area (Å²) >= 11 is 0. The van der Waals surface area contributed by atoms with Gasteiger partial charge in [0.1, 0.15) is 5.75 Å². The highest BCUT2D eigenvalue weighted by Crippen LogP contribution is 2.34. The Morgan fingerprint density at radius 2 is 1.90 bits per heavy atom. The summed E-state index contributed by atoms with van der Waals surface area (Å²) in [6.07, 6.45) is -2.61. The number of hydrogen-bond donors (Lipinski definition) is 1. The minimum atomic E-state index is -4.69. The summed E-state index contributed by atoms with van der Waals surface area (Å²) in [6.45, 7) is 4.16. The van der Waals surface area contributed by atoms with Crippen molar-refractivity contribution in [3.8, 4) is 5.75 Å². The van der Waals surface area contributed by atoms with E-state index in [9.17, 15) is 13.2 Å². The highest BCUT2D eigenvalue weighted by atomic mass is 19.4. The topological polar surface area (TPSA) is 38.5 Å². The van der Waals surface area contributed by atoms with Crippen molar-refractivity contribution in [2.24, 2.45) is 11.7 Å². The number of hydrogen-bond acceptors (Lipinski definition) is 3. The Hall–Kier alpha value is -1.27. The largest absolute Gasteiger partial charge is 0.573 e. The van der Waals surface area contributed by atoms with E-state index in [-0.39, 0.29) is 18.3 Å². The van der Waals surface area contributed by atoms with Crippen molar-refractivity contribution in [3.05, 3.63) is 29.8 Å². The van der Waals surface area contributed by atoms with Crippen molar-refractivity contribution >= 4 is 0 Å². The number of para-hydroxylation sites is 1. The number of halogens is 3. The van der Waals surface area contributed by atoms with E-state index in [1.54, 1.807) is 12.1 Å². The minimum absolute atomic E-state index is 0.154. The van der Waals surface area contributed by atoms with Crippen LogP contribution >= 0.6 is 0 Å². The first-order chi connectivity index (χ1) is 9.90. The van der Waals surface area contributed by atoms with Crippen molar-refractivity contribution in [3.63, 3.8) is 0 Å². The van der Waals surface area contributed by atoms with E-state index < -0.39 is 6.36 Å². The SMILES string of the molecule is CC1CCN([C@H](CN)c2ccccc2OC(F)(F)F)CC1. The molecule has 1 saturated heterocycles. The number of ether oxygens (including phenoxy) is 1. The fourth-order valence-corrected chi connectivity index (χ4v) is 2.79. The number of alkyl halides is 3. The van der Waals surface area contributed by atoms with Gasteiger partial charge in [0.2, 0.25) is 0 Å². The van der Waals surface area contributed by atoms with Crippen molar-refractivity contribution in [1.29, 1.82) is 0 Å². The maximum atomic E-state index is 12.5. The molecule has 0 bridgehead atoms. The van der Waals surface area contributed by atoms with Gasteiger partial charge in [-0.15, -0.1) is 13.2 Å². The number of likely N-dealkylation sites (tertiary alicyclic amines) is 1. The number of nitrogens with two attached hydrogens (primary N) is 1. The zero-order valence-electron chi connectivity index (χ0n) is 12.1. The number of nitrogens with zero attached hydrogens (tertiary/aromatic N) is 1. The molecular weight excluding hydrogens is 281 g/mol. The summed E-state index contributed by atoms with van der Waals surface area (Å²) in [5, 5.41) is 0. The molecule has 3 nitrogen and oxygen atoms in total. The Labute approximate surface area is 122 Å². The minimum Gasteiger partial charge on any atom is -0.405 e. The van der Waals surface area contributed by atoms with Crippen LogP contribution in [-0.4, -0.2) is 30.9 Å². The molecule has 0 spiro atoms. The van der Waals surface area contributed by atoms with E-state index in [0.29, 0.717) is 11.5 Å².